The smallest absolute Gasteiger partial charge is 0.138 e. The maximum absolute atomic E-state index is 6.34. The molecule has 1 saturated heterocycles. The van der Waals surface area contributed by atoms with Gasteiger partial charge in [0.2, 0.25) is 0 Å². The molecule has 1 saturated carbocycles. The van der Waals surface area contributed by atoms with Crippen LogP contribution < -0.4 is 10.1 Å². The summed E-state index contributed by atoms with van der Waals surface area (Å²) in [6.45, 7) is 3.61. The average molecular weight is 309 g/mol. The summed E-state index contributed by atoms with van der Waals surface area (Å²) in [4.78, 5) is 2.55. The van der Waals surface area contributed by atoms with Gasteiger partial charge >= 0.3 is 0 Å². The Morgan fingerprint density at radius 3 is 2.71 bits per heavy atom. The summed E-state index contributed by atoms with van der Waals surface area (Å²) in [7, 11) is 2.05. The van der Waals surface area contributed by atoms with Crippen LogP contribution in [0.5, 0.6) is 5.75 Å². The fraction of sp³-hybridized carbons (Fsp3) is 0.647. The van der Waals surface area contributed by atoms with E-state index in [1.54, 1.807) is 0 Å². The van der Waals surface area contributed by atoms with E-state index in [9.17, 15) is 0 Å². The van der Waals surface area contributed by atoms with Crippen molar-refractivity contribution >= 4 is 11.6 Å². The first-order valence-electron chi connectivity index (χ1n) is 8.09. The molecule has 116 valence electrons. The topological polar surface area (TPSA) is 24.5 Å². The molecule has 2 aliphatic rings. The van der Waals surface area contributed by atoms with E-state index in [1.807, 2.05) is 13.1 Å². The van der Waals surface area contributed by atoms with Crippen LogP contribution >= 0.6 is 11.6 Å². The summed E-state index contributed by atoms with van der Waals surface area (Å²) >= 11 is 6.34. The minimum atomic E-state index is 0.397. The Morgan fingerprint density at radius 1 is 1.33 bits per heavy atom. The van der Waals surface area contributed by atoms with Crippen LogP contribution in [0.1, 0.15) is 31.2 Å². The number of halogens is 1. The molecule has 1 aromatic carbocycles. The van der Waals surface area contributed by atoms with Crippen LogP contribution in [0.3, 0.4) is 0 Å². The van der Waals surface area contributed by atoms with Gasteiger partial charge in [0.1, 0.15) is 5.75 Å². The number of hydrogen-bond acceptors (Lipinski definition) is 3. The summed E-state index contributed by atoms with van der Waals surface area (Å²) in [5, 5.41) is 4.18. The van der Waals surface area contributed by atoms with E-state index in [1.165, 1.54) is 31.5 Å². The fourth-order valence-corrected chi connectivity index (χ4v) is 3.20. The van der Waals surface area contributed by atoms with Gasteiger partial charge in [-0.25, -0.2) is 0 Å². The highest BCUT2D eigenvalue weighted by Crippen LogP contribution is 2.32. The van der Waals surface area contributed by atoms with Gasteiger partial charge < -0.3 is 15.0 Å². The van der Waals surface area contributed by atoms with Gasteiger partial charge in [-0.15, -0.1) is 0 Å². The molecule has 1 N–H and O–H groups in total. The molecule has 0 bridgehead atoms. The van der Waals surface area contributed by atoms with E-state index >= 15 is 0 Å². The molecule has 0 aromatic heterocycles. The van der Waals surface area contributed by atoms with Gasteiger partial charge in [-0.1, -0.05) is 17.7 Å². The fourth-order valence-electron chi connectivity index (χ4n) is 2.95. The highest BCUT2D eigenvalue weighted by molar-refractivity contribution is 6.32. The lowest BCUT2D eigenvalue weighted by atomic mass is 10.1. The molecule has 1 aliphatic heterocycles. The Labute approximate surface area is 132 Å². The number of ether oxygens (including phenoxy) is 1. The lowest BCUT2D eigenvalue weighted by molar-refractivity contribution is 0.295. The Morgan fingerprint density at radius 2 is 2.10 bits per heavy atom. The van der Waals surface area contributed by atoms with Crippen molar-refractivity contribution < 1.29 is 4.74 Å². The van der Waals surface area contributed by atoms with Crippen molar-refractivity contribution in [2.45, 2.75) is 44.2 Å². The number of nitrogens with zero attached hydrogens (tertiary/aromatic N) is 1. The zero-order valence-corrected chi connectivity index (χ0v) is 13.5. The number of nitrogens with one attached hydrogen (secondary N) is 1. The van der Waals surface area contributed by atoms with E-state index in [0.29, 0.717) is 12.1 Å². The standard InChI is InChI=1S/C17H25ClN2O/c1-19-14(12-20-8-2-3-9-20)10-13-4-7-17(16(18)11-13)21-15-5-6-15/h4,7,11,14-15,19H,2-3,5-6,8-10,12H2,1H3/t14-/m0/s1. The van der Waals surface area contributed by atoms with Crippen molar-refractivity contribution in [3.8, 4) is 5.75 Å². The third-order valence-electron chi connectivity index (χ3n) is 4.38. The van der Waals surface area contributed by atoms with Gasteiger partial charge in [0, 0.05) is 12.6 Å². The lowest BCUT2D eigenvalue weighted by Gasteiger charge is -2.23. The Kier molecular flexibility index (Phi) is 5.04. The van der Waals surface area contributed by atoms with Crippen molar-refractivity contribution in [2.75, 3.05) is 26.7 Å². The molecule has 1 atom stereocenters. The molecule has 3 nitrogen and oxygen atoms in total. The van der Waals surface area contributed by atoms with E-state index in [0.717, 1.165) is 36.6 Å². The first kappa shape index (κ1) is 15.1. The molecule has 1 heterocycles. The summed E-state index contributed by atoms with van der Waals surface area (Å²) < 4.78 is 5.79. The molecule has 0 amide bonds. The van der Waals surface area contributed by atoms with Crippen molar-refractivity contribution in [3.63, 3.8) is 0 Å². The molecule has 1 aromatic rings. The third kappa shape index (κ3) is 4.35. The van der Waals surface area contributed by atoms with Gasteiger partial charge in [0.25, 0.3) is 0 Å². The number of hydrogen-bond donors (Lipinski definition) is 1. The Balaban J connectivity index is 1.58. The molecule has 0 unspecified atom stereocenters. The Hall–Kier alpha value is -0.770. The first-order valence-corrected chi connectivity index (χ1v) is 8.47. The number of benzene rings is 1. The van der Waals surface area contributed by atoms with E-state index in [4.69, 9.17) is 16.3 Å². The van der Waals surface area contributed by atoms with Gasteiger partial charge in [0.05, 0.1) is 11.1 Å². The summed E-state index contributed by atoms with van der Waals surface area (Å²) in [5.41, 5.74) is 1.28. The van der Waals surface area contributed by atoms with Crippen molar-refractivity contribution in [3.05, 3.63) is 28.8 Å². The van der Waals surface area contributed by atoms with Gasteiger partial charge in [-0.2, -0.15) is 0 Å². The molecule has 2 fully saturated rings. The zero-order valence-electron chi connectivity index (χ0n) is 12.8. The van der Waals surface area contributed by atoms with E-state index in [-0.39, 0.29) is 0 Å². The SMILES string of the molecule is CN[C@@H](Cc1ccc(OC2CC2)c(Cl)c1)CN1CCCC1. The Bertz CT molecular complexity index is 470. The van der Waals surface area contributed by atoms with Gasteiger partial charge in [-0.05, 0) is 69.9 Å². The molecular weight excluding hydrogens is 284 g/mol. The number of likely N-dealkylation sites (tertiary alicyclic amines) is 1. The summed E-state index contributed by atoms with van der Waals surface area (Å²) in [5.74, 6) is 0.837. The van der Waals surface area contributed by atoms with Crippen LogP contribution in [0.4, 0.5) is 0 Å². The van der Waals surface area contributed by atoms with Crippen molar-refractivity contribution in [2.24, 2.45) is 0 Å². The maximum atomic E-state index is 6.34. The first-order chi connectivity index (χ1) is 10.2. The second kappa shape index (κ2) is 6.99. The number of likely N-dealkylation sites (N-methyl/N-ethyl adjacent to an activating group) is 1. The largest absolute Gasteiger partial charge is 0.489 e. The van der Waals surface area contributed by atoms with Crippen LogP contribution in [-0.2, 0) is 6.42 Å². The predicted molar refractivity (Wildman–Crippen MR) is 87.3 cm³/mol. The van der Waals surface area contributed by atoms with E-state index in [2.05, 4.69) is 22.3 Å². The van der Waals surface area contributed by atoms with Crippen LogP contribution in [0.2, 0.25) is 5.02 Å². The van der Waals surface area contributed by atoms with E-state index < -0.39 is 0 Å². The van der Waals surface area contributed by atoms with Crippen LogP contribution in [0.25, 0.3) is 0 Å². The van der Waals surface area contributed by atoms with Crippen molar-refractivity contribution in [1.29, 1.82) is 0 Å². The lowest BCUT2D eigenvalue weighted by Crippen LogP contribution is -2.39. The maximum Gasteiger partial charge on any atom is 0.138 e. The molecule has 1 aliphatic carbocycles. The molecular formula is C17H25ClN2O. The molecule has 4 heteroatoms. The minimum absolute atomic E-state index is 0.397. The quantitative estimate of drug-likeness (QED) is 0.837. The second-order valence-corrected chi connectivity index (χ2v) is 6.69. The predicted octanol–water partition coefficient (Wildman–Crippen LogP) is 3.11. The number of rotatable bonds is 7. The van der Waals surface area contributed by atoms with Crippen molar-refractivity contribution in [1.82, 2.24) is 10.2 Å². The average Bonchev–Trinajstić information content (AvgIpc) is 3.15. The third-order valence-corrected chi connectivity index (χ3v) is 4.68. The van der Waals surface area contributed by atoms with Gasteiger partial charge in [0.15, 0.2) is 0 Å². The van der Waals surface area contributed by atoms with Gasteiger partial charge in [-0.3, -0.25) is 0 Å². The highest BCUT2D eigenvalue weighted by atomic mass is 35.5. The van der Waals surface area contributed by atoms with Crippen LogP contribution in [0.15, 0.2) is 18.2 Å². The second-order valence-electron chi connectivity index (χ2n) is 6.28. The normalized spacial score (nSPS) is 20.7. The summed E-state index contributed by atoms with van der Waals surface area (Å²) in [6.07, 6.45) is 6.42. The molecule has 21 heavy (non-hydrogen) atoms. The monoisotopic (exact) mass is 308 g/mol. The minimum Gasteiger partial charge on any atom is -0.489 e. The molecule has 0 spiro atoms. The summed E-state index contributed by atoms with van der Waals surface area (Å²) in [6, 6.07) is 6.72. The van der Waals surface area contributed by atoms with Crippen LogP contribution in [0, 0.1) is 0 Å². The molecule has 0 radical (unpaired) electrons. The zero-order chi connectivity index (χ0) is 14.7. The molecule has 3 rings (SSSR count). The highest BCUT2D eigenvalue weighted by Gasteiger charge is 2.24. The van der Waals surface area contributed by atoms with Crippen LogP contribution in [-0.4, -0.2) is 43.7 Å².